The van der Waals surface area contributed by atoms with E-state index in [1.54, 1.807) is 6.92 Å². The molecule has 0 aromatic heterocycles. The third-order valence-corrected chi connectivity index (χ3v) is 4.70. The van der Waals surface area contributed by atoms with E-state index >= 15 is 0 Å². The van der Waals surface area contributed by atoms with Gasteiger partial charge in [-0.1, -0.05) is 81.1 Å². The molecule has 2 rings (SSSR count). The first-order valence-corrected chi connectivity index (χ1v) is 9.68. The first-order chi connectivity index (χ1) is 10.4. The topological polar surface area (TPSA) is 0 Å². The van der Waals surface area contributed by atoms with Crippen LogP contribution in [0.2, 0.25) is 0 Å². The molecule has 2 atom stereocenters. The van der Waals surface area contributed by atoms with Crippen molar-refractivity contribution in [2.45, 2.75) is 106 Å². The molecular formula is C20H42F2. The van der Waals surface area contributed by atoms with E-state index in [4.69, 9.17) is 0 Å². The largest absolute Gasteiger partial charge is 0.247 e. The van der Waals surface area contributed by atoms with Crippen molar-refractivity contribution in [1.29, 1.82) is 0 Å². The van der Waals surface area contributed by atoms with Crippen molar-refractivity contribution in [3.63, 3.8) is 0 Å². The van der Waals surface area contributed by atoms with E-state index < -0.39 is 12.3 Å². The van der Waals surface area contributed by atoms with Crippen LogP contribution in [0.15, 0.2) is 0 Å². The van der Waals surface area contributed by atoms with Gasteiger partial charge in [-0.3, -0.25) is 0 Å². The number of hydrogen-bond acceptors (Lipinski definition) is 0. The molecule has 22 heavy (non-hydrogen) atoms. The molecular weight excluding hydrogens is 278 g/mol. The molecule has 0 amide bonds. The predicted molar refractivity (Wildman–Crippen MR) is 96.8 cm³/mol. The van der Waals surface area contributed by atoms with Crippen LogP contribution in [0, 0.1) is 23.7 Å². The van der Waals surface area contributed by atoms with Gasteiger partial charge in [0.1, 0.15) is 12.3 Å². The molecule has 0 saturated heterocycles. The lowest BCUT2D eigenvalue weighted by molar-refractivity contribution is 0.0603. The zero-order chi connectivity index (χ0) is 17.7. The minimum absolute atomic E-state index is 0.223. The van der Waals surface area contributed by atoms with Gasteiger partial charge in [0.25, 0.3) is 0 Å². The SMILES string of the molecule is CC.CC.CC1CC(F)C(C)C(F)C1.CC1CCC(C)CC1. The van der Waals surface area contributed by atoms with Gasteiger partial charge in [-0.05, 0) is 30.6 Å². The lowest BCUT2D eigenvalue weighted by Gasteiger charge is -2.30. The summed E-state index contributed by atoms with van der Waals surface area (Å²) in [5.74, 6) is 1.88. The van der Waals surface area contributed by atoms with Gasteiger partial charge in [-0.15, -0.1) is 0 Å². The lowest BCUT2D eigenvalue weighted by atomic mass is 9.81. The average Bonchev–Trinajstić information content (AvgIpc) is 2.52. The molecule has 2 aliphatic rings. The Kier molecular flexibility index (Phi) is 15.8. The van der Waals surface area contributed by atoms with Gasteiger partial charge in [0, 0.05) is 5.92 Å². The molecule has 0 aromatic rings. The summed E-state index contributed by atoms with van der Waals surface area (Å²) < 4.78 is 25.7. The van der Waals surface area contributed by atoms with Crippen molar-refractivity contribution in [1.82, 2.24) is 0 Å². The molecule has 136 valence electrons. The Morgan fingerprint density at radius 1 is 0.545 bits per heavy atom. The highest BCUT2D eigenvalue weighted by Gasteiger charge is 2.33. The van der Waals surface area contributed by atoms with E-state index in [-0.39, 0.29) is 11.8 Å². The Morgan fingerprint density at radius 3 is 1.09 bits per heavy atom. The molecule has 0 heterocycles. The van der Waals surface area contributed by atoms with Gasteiger partial charge >= 0.3 is 0 Å². The van der Waals surface area contributed by atoms with Gasteiger partial charge < -0.3 is 0 Å². The number of alkyl halides is 2. The second kappa shape index (κ2) is 14.5. The number of rotatable bonds is 0. The van der Waals surface area contributed by atoms with Crippen molar-refractivity contribution in [2.24, 2.45) is 23.7 Å². The maximum Gasteiger partial charge on any atom is 0.106 e. The van der Waals surface area contributed by atoms with Crippen LogP contribution >= 0.6 is 0 Å². The van der Waals surface area contributed by atoms with Gasteiger partial charge in [-0.2, -0.15) is 0 Å². The molecule has 2 fully saturated rings. The van der Waals surface area contributed by atoms with Crippen molar-refractivity contribution in [2.75, 3.05) is 0 Å². The monoisotopic (exact) mass is 320 g/mol. The van der Waals surface area contributed by atoms with Gasteiger partial charge in [0.15, 0.2) is 0 Å². The third-order valence-electron chi connectivity index (χ3n) is 4.70. The van der Waals surface area contributed by atoms with Crippen molar-refractivity contribution >= 4 is 0 Å². The molecule has 0 nitrogen and oxygen atoms in total. The van der Waals surface area contributed by atoms with E-state index in [0.29, 0.717) is 12.8 Å². The fourth-order valence-electron chi connectivity index (χ4n) is 2.95. The average molecular weight is 321 g/mol. The van der Waals surface area contributed by atoms with Gasteiger partial charge in [0.05, 0.1) is 0 Å². The molecule has 0 bridgehead atoms. The Balaban J connectivity index is 0. The summed E-state index contributed by atoms with van der Waals surface area (Å²) in [5.41, 5.74) is 0. The standard InChI is InChI=1S/C8H14F2.C8H16.2C2H6/c1-5-3-7(9)6(2)8(10)4-5;1-7-3-5-8(2)6-4-7;2*1-2/h5-8H,3-4H2,1-2H3;7-8H,3-6H2,1-2H3;2*1-2H3. The molecule has 2 saturated carbocycles. The fourth-order valence-corrected chi connectivity index (χ4v) is 2.95. The normalized spacial score (nSPS) is 37.4. The molecule has 2 aliphatic carbocycles. The summed E-state index contributed by atoms with van der Waals surface area (Å²) in [6.07, 6.45) is 5.14. The Labute approximate surface area is 139 Å². The Bertz CT molecular complexity index is 200. The van der Waals surface area contributed by atoms with Gasteiger partial charge in [0.2, 0.25) is 0 Å². The molecule has 0 N–H and O–H groups in total. The minimum Gasteiger partial charge on any atom is -0.247 e. The molecule has 2 unspecified atom stereocenters. The van der Waals surface area contributed by atoms with E-state index in [0.717, 1.165) is 11.8 Å². The highest BCUT2D eigenvalue weighted by Crippen LogP contribution is 2.32. The number of halogens is 2. The van der Waals surface area contributed by atoms with E-state index in [1.807, 2.05) is 34.6 Å². The summed E-state index contributed by atoms with van der Waals surface area (Å²) in [4.78, 5) is 0. The highest BCUT2D eigenvalue weighted by molar-refractivity contribution is 4.82. The summed E-state index contributed by atoms with van der Waals surface area (Å²) in [6, 6.07) is 0. The Morgan fingerprint density at radius 2 is 0.818 bits per heavy atom. The zero-order valence-corrected chi connectivity index (χ0v) is 16.5. The highest BCUT2D eigenvalue weighted by atomic mass is 19.1. The first-order valence-electron chi connectivity index (χ1n) is 9.68. The molecule has 0 spiro atoms. The van der Waals surface area contributed by atoms with Crippen LogP contribution in [0.4, 0.5) is 8.78 Å². The summed E-state index contributed by atoms with van der Waals surface area (Å²) in [5, 5.41) is 0. The first kappa shape index (κ1) is 24.1. The Hall–Kier alpha value is -0.140. The summed E-state index contributed by atoms with van der Waals surface area (Å²) in [7, 11) is 0. The van der Waals surface area contributed by atoms with Gasteiger partial charge in [-0.25, -0.2) is 8.78 Å². The van der Waals surface area contributed by atoms with Crippen LogP contribution in [0.1, 0.15) is 93.9 Å². The molecule has 0 aliphatic heterocycles. The van der Waals surface area contributed by atoms with Crippen LogP contribution in [-0.2, 0) is 0 Å². The predicted octanol–water partition coefficient (Wildman–Crippen LogP) is 7.61. The second-order valence-electron chi connectivity index (χ2n) is 6.83. The van der Waals surface area contributed by atoms with Crippen LogP contribution in [0.5, 0.6) is 0 Å². The van der Waals surface area contributed by atoms with Crippen molar-refractivity contribution in [3.05, 3.63) is 0 Å². The summed E-state index contributed by atoms with van der Waals surface area (Å²) >= 11 is 0. The fraction of sp³-hybridized carbons (Fsp3) is 1.00. The maximum absolute atomic E-state index is 12.8. The van der Waals surface area contributed by atoms with E-state index in [1.165, 1.54) is 25.7 Å². The zero-order valence-electron chi connectivity index (χ0n) is 16.5. The van der Waals surface area contributed by atoms with E-state index in [2.05, 4.69) is 13.8 Å². The second-order valence-corrected chi connectivity index (χ2v) is 6.83. The number of hydrogen-bond donors (Lipinski definition) is 0. The quantitative estimate of drug-likeness (QED) is 0.430. The van der Waals surface area contributed by atoms with Crippen LogP contribution in [0.3, 0.4) is 0 Å². The van der Waals surface area contributed by atoms with Crippen molar-refractivity contribution < 1.29 is 8.78 Å². The molecule has 0 radical (unpaired) electrons. The minimum atomic E-state index is -0.918. The van der Waals surface area contributed by atoms with Crippen molar-refractivity contribution in [3.8, 4) is 0 Å². The smallest absolute Gasteiger partial charge is 0.106 e. The molecule has 2 heteroatoms. The van der Waals surface area contributed by atoms with E-state index in [9.17, 15) is 8.78 Å². The van der Waals surface area contributed by atoms with Crippen LogP contribution in [0.25, 0.3) is 0 Å². The van der Waals surface area contributed by atoms with Crippen LogP contribution in [-0.4, -0.2) is 12.3 Å². The molecule has 0 aromatic carbocycles. The third kappa shape index (κ3) is 10.6. The maximum atomic E-state index is 12.8. The lowest BCUT2D eigenvalue weighted by Crippen LogP contribution is -2.32. The summed E-state index contributed by atoms with van der Waals surface area (Å²) in [6.45, 7) is 16.3. The van der Waals surface area contributed by atoms with Crippen LogP contribution < -0.4 is 0 Å².